The number of rotatable bonds is 2. The maximum atomic E-state index is 10.3. The Balaban J connectivity index is 3.19. The molecule has 0 spiro atoms. The Morgan fingerprint density at radius 3 is 3.00 bits per heavy atom. The number of hydrogen-bond donors (Lipinski definition) is 1. The van der Waals surface area contributed by atoms with E-state index in [0.29, 0.717) is 6.54 Å². The van der Waals surface area contributed by atoms with Crippen molar-refractivity contribution in [2.45, 2.75) is 6.92 Å². The second kappa shape index (κ2) is 4.91. The molecule has 50 valence electrons. The molecular weight excluding hydrogens is 120 g/mol. The lowest BCUT2D eigenvalue weighted by molar-refractivity contribution is 0.160. The van der Waals surface area contributed by atoms with Gasteiger partial charge in [-0.2, -0.15) is 5.26 Å². The first kappa shape index (κ1) is 7.76. The van der Waals surface area contributed by atoms with Gasteiger partial charge in [0, 0.05) is 6.54 Å². The van der Waals surface area contributed by atoms with E-state index in [-0.39, 0.29) is 6.61 Å². The smallest absolute Gasteiger partial charge is 0.408 e. The molecule has 0 aromatic heterocycles. The minimum atomic E-state index is -0.543. The van der Waals surface area contributed by atoms with E-state index in [0.717, 1.165) is 0 Å². The fraction of sp³-hybridized carbons (Fsp3) is 0.600. The van der Waals surface area contributed by atoms with Crippen LogP contribution in [-0.4, -0.2) is 19.2 Å². The standard InChI is InChI=1S/C5H8N2O2/c1-2-7-5(8)9-4-3-6/h2,4H2,1H3,(H,7,8). The maximum Gasteiger partial charge on any atom is 0.408 e. The largest absolute Gasteiger partial charge is 0.434 e. The SMILES string of the molecule is CCNC(=O)OCC#N. The molecule has 0 fully saturated rings. The fourth-order valence-corrected chi connectivity index (χ4v) is 0.293. The molecule has 4 nitrogen and oxygen atoms in total. The van der Waals surface area contributed by atoms with Gasteiger partial charge in [-0.05, 0) is 6.92 Å². The summed E-state index contributed by atoms with van der Waals surface area (Å²) in [6.45, 7) is 2.10. The molecule has 4 heteroatoms. The molecule has 0 aliphatic heterocycles. The lowest BCUT2D eigenvalue weighted by Crippen LogP contribution is -2.23. The van der Waals surface area contributed by atoms with E-state index in [1.54, 1.807) is 13.0 Å². The molecular formula is C5H8N2O2. The van der Waals surface area contributed by atoms with Gasteiger partial charge in [0.1, 0.15) is 6.07 Å². The third-order valence-corrected chi connectivity index (χ3v) is 0.589. The van der Waals surface area contributed by atoms with Crippen molar-refractivity contribution < 1.29 is 9.53 Å². The number of amides is 1. The summed E-state index contributed by atoms with van der Waals surface area (Å²) < 4.78 is 4.32. The molecule has 1 amide bonds. The third-order valence-electron chi connectivity index (χ3n) is 0.589. The molecule has 0 aliphatic carbocycles. The number of nitrogens with zero attached hydrogens (tertiary/aromatic N) is 1. The van der Waals surface area contributed by atoms with Crippen molar-refractivity contribution in [3.05, 3.63) is 0 Å². The summed E-state index contributed by atoms with van der Waals surface area (Å²) in [6.07, 6.45) is -0.543. The highest BCUT2D eigenvalue weighted by atomic mass is 16.5. The average molecular weight is 128 g/mol. The molecule has 0 aromatic carbocycles. The van der Waals surface area contributed by atoms with Crippen LogP contribution in [0.2, 0.25) is 0 Å². The van der Waals surface area contributed by atoms with Crippen LogP contribution in [0.4, 0.5) is 4.79 Å². The summed E-state index contributed by atoms with van der Waals surface area (Å²) in [6, 6.07) is 1.67. The van der Waals surface area contributed by atoms with Crippen molar-refractivity contribution >= 4 is 6.09 Å². The number of carbonyl (C=O) groups is 1. The van der Waals surface area contributed by atoms with Gasteiger partial charge >= 0.3 is 6.09 Å². The van der Waals surface area contributed by atoms with Crippen LogP contribution in [0, 0.1) is 11.3 Å². The van der Waals surface area contributed by atoms with Crippen LogP contribution in [0.25, 0.3) is 0 Å². The third kappa shape index (κ3) is 4.62. The zero-order valence-electron chi connectivity index (χ0n) is 5.18. The van der Waals surface area contributed by atoms with Crippen LogP contribution in [0.3, 0.4) is 0 Å². The van der Waals surface area contributed by atoms with E-state index in [9.17, 15) is 4.79 Å². The minimum Gasteiger partial charge on any atom is -0.434 e. The minimum absolute atomic E-state index is 0.189. The fourth-order valence-electron chi connectivity index (χ4n) is 0.293. The Labute approximate surface area is 53.4 Å². The molecule has 0 atom stereocenters. The van der Waals surface area contributed by atoms with Gasteiger partial charge in [0.05, 0.1) is 0 Å². The first-order chi connectivity index (χ1) is 4.31. The van der Waals surface area contributed by atoms with E-state index in [1.165, 1.54) is 0 Å². The van der Waals surface area contributed by atoms with Crippen molar-refractivity contribution in [3.8, 4) is 6.07 Å². The molecule has 0 radical (unpaired) electrons. The summed E-state index contributed by atoms with van der Waals surface area (Å²) in [5.74, 6) is 0. The van der Waals surface area contributed by atoms with E-state index < -0.39 is 6.09 Å². The molecule has 0 rings (SSSR count). The first-order valence-electron chi connectivity index (χ1n) is 2.58. The van der Waals surface area contributed by atoms with E-state index in [4.69, 9.17) is 5.26 Å². The monoisotopic (exact) mass is 128 g/mol. The quantitative estimate of drug-likeness (QED) is 0.580. The van der Waals surface area contributed by atoms with Crippen LogP contribution < -0.4 is 5.32 Å². The average Bonchev–Trinajstić information content (AvgIpc) is 1.85. The maximum absolute atomic E-state index is 10.3. The zero-order chi connectivity index (χ0) is 7.11. The number of ether oxygens (including phenoxy) is 1. The van der Waals surface area contributed by atoms with Gasteiger partial charge < -0.3 is 10.1 Å². The molecule has 0 unspecified atom stereocenters. The van der Waals surface area contributed by atoms with Crippen LogP contribution >= 0.6 is 0 Å². The Bertz CT molecular complexity index is 127. The van der Waals surface area contributed by atoms with Gasteiger partial charge in [0.15, 0.2) is 6.61 Å². The lowest BCUT2D eigenvalue weighted by Gasteiger charge is -1.98. The van der Waals surface area contributed by atoms with Crippen molar-refractivity contribution in [2.24, 2.45) is 0 Å². The second-order valence-corrected chi connectivity index (χ2v) is 1.26. The highest BCUT2D eigenvalue weighted by Crippen LogP contribution is 1.73. The van der Waals surface area contributed by atoms with Crippen LogP contribution in [-0.2, 0) is 4.74 Å². The molecule has 0 heterocycles. The summed E-state index contributed by atoms with van der Waals surface area (Å²) in [4.78, 5) is 10.3. The van der Waals surface area contributed by atoms with Crippen molar-refractivity contribution in [3.63, 3.8) is 0 Å². The number of carbonyl (C=O) groups excluding carboxylic acids is 1. The second-order valence-electron chi connectivity index (χ2n) is 1.26. The Morgan fingerprint density at radius 2 is 2.56 bits per heavy atom. The number of nitrogens with one attached hydrogen (secondary N) is 1. The molecule has 0 saturated heterocycles. The molecule has 0 aromatic rings. The lowest BCUT2D eigenvalue weighted by atomic mass is 10.7. The zero-order valence-corrected chi connectivity index (χ0v) is 5.18. The summed E-state index contributed by atoms with van der Waals surface area (Å²) in [5, 5.41) is 10.3. The normalized spacial score (nSPS) is 7.56. The number of nitriles is 1. The van der Waals surface area contributed by atoms with E-state index >= 15 is 0 Å². The predicted molar refractivity (Wildman–Crippen MR) is 30.6 cm³/mol. The first-order valence-corrected chi connectivity index (χ1v) is 2.58. The van der Waals surface area contributed by atoms with Crippen molar-refractivity contribution in [1.29, 1.82) is 5.26 Å². The van der Waals surface area contributed by atoms with Gasteiger partial charge in [0.25, 0.3) is 0 Å². The van der Waals surface area contributed by atoms with E-state index in [1.807, 2.05) is 0 Å². The van der Waals surface area contributed by atoms with Crippen molar-refractivity contribution in [1.82, 2.24) is 5.32 Å². The molecule has 0 bridgehead atoms. The molecule has 0 saturated carbocycles. The topological polar surface area (TPSA) is 62.1 Å². The predicted octanol–water partition coefficient (Wildman–Crippen LogP) is 0.256. The van der Waals surface area contributed by atoms with Crippen LogP contribution in [0.1, 0.15) is 6.92 Å². The summed E-state index contributed by atoms with van der Waals surface area (Å²) in [7, 11) is 0. The van der Waals surface area contributed by atoms with Gasteiger partial charge in [-0.1, -0.05) is 0 Å². The van der Waals surface area contributed by atoms with Gasteiger partial charge in [-0.15, -0.1) is 0 Å². The molecule has 1 N–H and O–H groups in total. The van der Waals surface area contributed by atoms with Gasteiger partial charge in [0.2, 0.25) is 0 Å². The number of hydrogen-bond acceptors (Lipinski definition) is 3. The highest BCUT2D eigenvalue weighted by molar-refractivity contribution is 5.67. The van der Waals surface area contributed by atoms with E-state index in [2.05, 4.69) is 10.1 Å². The Hall–Kier alpha value is -1.24. The summed E-state index contributed by atoms with van der Waals surface area (Å²) in [5.41, 5.74) is 0. The molecule has 0 aliphatic rings. The van der Waals surface area contributed by atoms with Gasteiger partial charge in [-0.25, -0.2) is 4.79 Å². The molecule has 9 heavy (non-hydrogen) atoms. The number of alkyl carbamates (subject to hydrolysis) is 1. The van der Waals surface area contributed by atoms with Crippen LogP contribution in [0.15, 0.2) is 0 Å². The Kier molecular flexibility index (Phi) is 4.23. The highest BCUT2D eigenvalue weighted by Gasteiger charge is 1.94. The van der Waals surface area contributed by atoms with Crippen molar-refractivity contribution in [2.75, 3.05) is 13.2 Å². The Morgan fingerprint density at radius 1 is 1.89 bits per heavy atom. The van der Waals surface area contributed by atoms with Crippen LogP contribution in [0.5, 0.6) is 0 Å². The summed E-state index contributed by atoms with van der Waals surface area (Å²) >= 11 is 0. The van der Waals surface area contributed by atoms with Gasteiger partial charge in [-0.3, -0.25) is 0 Å².